The first-order valence-electron chi connectivity index (χ1n) is 6.74. The Morgan fingerprint density at radius 2 is 1.88 bits per heavy atom. The number of thioether (sulfide) groups is 1. The van der Waals surface area contributed by atoms with Crippen molar-refractivity contribution < 1.29 is 18.0 Å². The fourth-order valence-corrected chi connectivity index (χ4v) is 3.12. The molecule has 0 radical (unpaired) electrons. The van der Waals surface area contributed by atoms with Crippen LogP contribution in [0.2, 0.25) is 10.0 Å². The maximum absolute atomic E-state index is 12.8. The highest BCUT2D eigenvalue weighted by Crippen LogP contribution is 2.36. The van der Waals surface area contributed by atoms with Crippen LogP contribution in [0.3, 0.4) is 0 Å². The summed E-state index contributed by atoms with van der Waals surface area (Å²) in [5.41, 5.74) is 0.0415. The first-order valence-corrected chi connectivity index (χ1v) is 8.65. The number of hydrogen-bond acceptors (Lipinski definition) is 2. The van der Waals surface area contributed by atoms with E-state index in [0.29, 0.717) is 10.8 Å². The van der Waals surface area contributed by atoms with Crippen LogP contribution in [0.4, 0.5) is 18.9 Å². The molecule has 128 valence electrons. The molecule has 2 aromatic carbocycles. The molecule has 0 bridgehead atoms. The SMILES string of the molecule is O=C(CSCc1cccc(Cl)c1)Nc1ccc(Cl)c(C(F)(F)F)c1. The number of nitrogens with one attached hydrogen (secondary N) is 1. The van der Waals surface area contributed by atoms with Crippen molar-refractivity contribution in [3.8, 4) is 0 Å². The first kappa shape index (κ1) is 19.0. The topological polar surface area (TPSA) is 29.1 Å². The fourth-order valence-electron chi connectivity index (χ4n) is 1.91. The van der Waals surface area contributed by atoms with Gasteiger partial charge in [0, 0.05) is 16.5 Å². The second-order valence-electron chi connectivity index (χ2n) is 4.86. The minimum atomic E-state index is -4.57. The van der Waals surface area contributed by atoms with Gasteiger partial charge in [-0.2, -0.15) is 13.2 Å². The molecule has 2 aromatic rings. The Balaban J connectivity index is 1.91. The lowest BCUT2D eigenvalue weighted by Crippen LogP contribution is -2.15. The Bertz CT molecular complexity index is 738. The van der Waals surface area contributed by atoms with E-state index in [2.05, 4.69) is 5.32 Å². The largest absolute Gasteiger partial charge is 0.417 e. The van der Waals surface area contributed by atoms with E-state index in [1.54, 1.807) is 12.1 Å². The Labute approximate surface area is 151 Å². The molecule has 1 amide bonds. The van der Waals surface area contributed by atoms with Crippen molar-refractivity contribution in [2.45, 2.75) is 11.9 Å². The maximum atomic E-state index is 12.8. The van der Waals surface area contributed by atoms with Gasteiger partial charge in [0.2, 0.25) is 5.91 Å². The predicted octanol–water partition coefficient (Wildman–Crippen LogP) is 5.88. The minimum absolute atomic E-state index is 0.0556. The van der Waals surface area contributed by atoms with Gasteiger partial charge in [-0.3, -0.25) is 4.79 Å². The second kappa shape index (κ2) is 8.14. The van der Waals surface area contributed by atoms with E-state index in [0.717, 1.165) is 17.7 Å². The molecule has 0 aliphatic heterocycles. The molecular weight excluding hydrogens is 382 g/mol. The van der Waals surface area contributed by atoms with Gasteiger partial charge in [-0.1, -0.05) is 35.3 Å². The molecule has 2 rings (SSSR count). The van der Waals surface area contributed by atoms with Gasteiger partial charge in [0.1, 0.15) is 0 Å². The highest BCUT2D eigenvalue weighted by atomic mass is 35.5. The van der Waals surface area contributed by atoms with E-state index in [-0.39, 0.29) is 11.4 Å². The van der Waals surface area contributed by atoms with Gasteiger partial charge in [-0.15, -0.1) is 11.8 Å². The number of alkyl halides is 3. The molecule has 0 saturated heterocycles. The van der Waals surface area contributed by atoms with Crippen LogP contribution in [0.15, 0.2) is 42.5 Å². The molecule has 24 heavy (non-hydrogen) atoms. The van der Waals surface area contributed by atoms with Crippen LogP contribution in [-0.2, 0) is 16.7 Å². The van der Waals surface area contributed by atoms with Crippen molar-refractivity contribution in [2.75, 3.05) is 11.1 Å². The second-order valence-corrected chi connectivity index (χ2v) is 6.69. The summed E-state index contributed by atoms with van der Waals surface area (Å²) in [6, 6.07) is 10.5. The van der Waals surface area contributed by atoms with Crippen molar-refractivity contribution >= 4 is 46.6 Å². The highest BCUT2D eigenvalue weighted by molar-refractivity contribution is 7.99. The molecular formula is C16H12Cl2F3NOS. The molecule has 0 aliphatic rings. The van der Waals surface area contributed by atoms with Crippen molar-refractivity contribution in [1.29, 1.82) is 0 Å². The molecule has 0 saturated carbocycles. The number of benzene rings is 2. The molecule has 0 heterocycles. The van der Waals surface area contributed by atoms with E-state index >= 15 is 0 Å². The summed E-state index contributed by atoms with van der Waals surface area (Å²) in [4.78, 5) is 11.8. The van der Waals surface area contributed by atoms with Gasteiger partial charge in [0.05, 0.1) is 16.3 Å². The van der Waals surface area contributed by atoms with Crippen LogP contribution in [-0.4, -0.2) is 11.7 Å². The van der Waals surface area contributed by atoms with Crippen LogP contribution >= 0.6 is 35.0 Å². The summed E-state index contributed by atoms with van der Waals surface area (Å²) in [5.74, 6) is 0.288. The van der Waals surface area contributed by atoms with Crippen molar-refractivity contribution in [1.82, 2.24) is 0 Å². The molecule has 0 aromatic heterocycles. The minimum Gasteiger partial charge on any atom is -0.325 e. The van der Waals surface area contributed by atoms with Crippen molar-refractivity contribution in [3.05, 3.63) is 63.6 Å². The summed E-state index contributed by atoms with van der Waals surface area (Å²) in [6.07, 6.45) is -4.57. The summed E-state index contributed by atoms with van der Waals surface area (Å²) < 4.78 is 38.3. The van der Waals surface area contributed by atoms with Gasteiger partial charge in [-0.25, -0.2) is 0 Å². The van der Waals surface area contributed by atoms with Gasteiger partial charge in [0.25, 0.3) is 0 Å². The average Bonchev–Trinajstić information content (AvgIpc) is 2.48. The Kier molecular flexibility index (Phi) is 6.43. The number of halogens is 5. The lowest BCUT2D eigenvalue weighted by molar-refractivity contribution is -0.137. The summed E-state index contributed by atoms with van der Waals surface area (Å²) in [7, 11) is 0. The Morgan fingerprint density at radius 1 is 1.12 bits per heavy atom. The molecule has 0 spiro atoms. The predicted molar refractivity (Wildman–Crippen MR) is 92.7 cm³/mol. The smallest absolute Gasteiger partial charge is 0.325 e. The molecule has 8 heteroatoms. The third-order valence-corrected chi connectivity index (χ3v) is 4.51. The lowest BCUT2D eigenvalue weighted by Gasteiger charge is -2.11. The number of hydrogen-bond donors (Lipinski definition) is 1. The molecule has 1 N–H and O–H groups in total. The van der Waals surface area contributed by atoms with Crippen molar-refractivity contribution in [3.63, 3.8) is 0 Å². The third-order valence-electron chi connectivity index (χ3n) is 2.95. The Morgan fingerprint density at radius 3 is 2.54 bits per heavy atom. The zero-order chi connectivity index (χ0) is 17.7. The average molecular weight is 394 g/mol. The third kappa shape index (κ3) is 5.61. The van der Waals surface area contributed by atoms with E-state index in [1.807, 2.05) is 12.1 Å². The van der Waals surface area contributed by atoms with Crippen LogP contribution in [0.1, 0.15) is 11.1 Å². The van der Waals surface area contributed by atoms with Crippen molar-refractivity contribution in [2.24, 2.45) is 0 Å². The number of anilines is 1. The lowest BCUT2D eigenvalue weighted by atomic mass is 10.2. The van der Waals surface area contributed by atoms with E-state index in [1.165, 1.54) is 17.8 Å². The fraction of sp³-hybridized carbons (Fsp3) is 0.188. The molecule has 0 fully saturated rings. The Hall–Kier alpha value is -1.37. The standard InChI is InChI=1S/C16H12Cl2F3NOS/c17-11-3-1-2-10(6-11)8-24-9-15(23)22-12-4-5-14(18)13(7-12)16(19,20)21/h1-7H,8-9H2,(H,22,23). The van der Waals surface area contributed by atoms with Gasteiger partial charge < -0.3 is 5.32 Å². The quantitative estimate of drug-likeness (QED) is 0.686. The normalized spacial score (nSPS) is 11.4. The molecule has 0 atom stereocenters. The summed E-state index contributed by atoms with van der Waals surface area (Å²) >= 11 is 12.7. The van der Waals surface area contributed by atoms with Crippen LogP contribution in [0, 0.1) is 0 Å². The monoisotopic (exact) mass is 393 g/mol. The number of amides is 1. The summed E-state index contributed by atoms with van der Waals surface area (Å²) in [6.45, 7) is 0. The maximum Gasteiger partial charge on any atom is 0.417 e. The molecule has 2 nitrogen and oxygen atoms in total. The van der Waals surface area contributed by atoms with Crippen LogP contribution in [0.5, 0.6) is 0 Å². The zero-order valence-corrected chi connectivity index (χ0v) is 14.5. The molecule has 0 aliphatic carbocycles. The van der Waals surface area contributed by atoms with Gasteiger partial charge >= 0.3 is 6.18 Å². The first-order chi connectivity index (χ1) is 11.3. The number of rotatable bonds is 5. The zero-order valence-electron chi connectivity index (χ0n) is 12.2. The highest BCUT2D eigenvalue weighted by Gasteiger charge is 2.33. The van der Waals surface area contributed by atoms with E-state index in [4.69, 9.17) is 23.2 Å². The number of carbonyl (C=O) groups excluding carboxylic acids is 1. The van der Waals surface area contributed by atoms with E-state index < -0.39 is 22.7 Å². The molecule has 0 unspecified atom stereocenters. The summed E-state index contributed by atoms with van der Waals surface area (Å²) in [5, 5.41) is 2.64. The van der Waals surface area contributed by atoms with E-state index in [9.17, 15) is 18.0 Å². The number of carbonyl (C=O) groups is 1. The van der Waals surface area contributed by atoms with Gasteiger partial charge in [-0.05, 0) is 35.9 Å². The van der Waals surface area contributed by atoms with Gasteiger partial charge in [0.15, 0.2) is 0 Å². The van der Waals surface area contributed by atoms with Crippen LogP contribution < -0.4 is 5.32 Å². The van der Waals surface area contributed by atoms with Crippen LogP contribution in [0.25, 0.3) is 0 Å².